The van der Waals surface area contributed by atoms with Gasteiger partial charge in [-0.25, -0.2) is 0 Å². The second-order valence-corrected chi connectivity index (χ2v) is 4.54. The van der Waals surface area contributed by atoms with Crippen molar-refractivity contribution in [2.45, 2.75) is 5.51 Å². The molecule has 0 aromatic heterocycles. The smallest absolute Gasteiger partial charge is 0.497 e. The zero-order valence-electron chi connectivity index (χ0n) is 9.32. The Kier molecular flexibility index (Phi) is 3.95. The highest BCUT2D eigenvalue weighted by Crippen LogP contribution is 2.35. The van der Waals surface area contributed by atoms with Crippen molar-refractivity contribution in [1.82, 2.24) is 0 Å². The van der Waals surface area contributed by atoms with E-state index in [0.717, 1.165) is 13.2 Å². The van der Waals surface area contributed by atoms with Crippen molar-refractivity contribution in [3.63, 3.8) is 0 Å². The van der Waals surface area contributed by atoms with E-state index < -0.39 is 21.4 Å². The Labute approximate surface area is 101 Å². The molecular weight excluding hydrogens is 277 g/mol. The van der Waals surface area contributed by atoms with Crippen LogP contribution >= 0.6 is 0 Å². The van der Waals surface area contributed by atoms with Crippen LogP contribution in [0.25, 0.3) is 0 Å². The van der Waals surface area contributed by atoms with Gasteiger partial charge in [0.15, 0.2) is 11.5 Å². The van der Waals surface area contributed by atoms with E-state index in [1.807, 2.05) is 0 Å². The molecule has 0 unspecified atom stereocenters. The van der Waals surface area contributed by atoms with Gasteiger partial charge in [-0.1, -0.05) is 0 Å². The molecule has 5 nitrogen and oxygen atoms in total. The number of ether oxygens (including phenoxy) is 2. The highest BCUT2D eigenvalue weighted by molar-refractivity contribution is 7.88. The summed E-state index contributed by atoms with van der Waals surface area (Å²) in [5, 5.41) is 0. The van der Waals surface area contributed by atoms with E-state index in [0.29, 0.717) is 0 Å². The number of hydrogen-bond donors (Lipinski definition) is 0. The van der Waals surface area contributed by atoms with Crippen molar-refractivity contribution < 1.29 is 35.2 Å². The van der Waals surface area contributed by atoms with Crippen LogP contribution < -0.4 is 13.7 Å². The van der Waals surface area contributed by atoms with Gasteiger partial charge in [0.25, 0.3) is 0 Å². The van der Waals surface area contributed by atoms with Gasteiger partial charge in [-0.05, 0) is 12.1 Å². The Hall–Kier alpha value is -1.64. The van der Waals surface area contributed by atoms with Crippen LogP contribution in [0.5, 0.6) is 17.2 Å². The highest BCUT2D eigenvalue weighted by Gasteiger charge is 2.48. The highest BCUT2D eigenvalue weighted by atomic mass is 32.2. The van der Waals surface area contributed by atoms with Crippen LogP contribution in [0.4, 0.5) is 13.2 Å². The lowest BCUT2D eigenvalue weighted by atomic mass is 10.3. The van der Waals surface area contributed by atoms with E-state index in [9.17, 15) is 21.6 Å². The molecule has 0 heterocycles. The Balaban J connectivity index is 3.13. The Bertz CT molecular complexity index is 523. The molecule has 18 heavy (non-hydrogen) atoms. The first-order valence-corrected chi connectivity index (χ1v) is 5.85. The fourth-order valence-corrected chi connectivity index (χ4v) is 1.48. The standard InChI is InChI=1S/C9H9F3O5S/c1-15-6-3-4-7(8(5-6)16-2)17-18(13,14)9(10,11)12/h3-5H,1-2H3. The maximum Gasteiger partial charge on any atom is 0.534 e. The van der Waals surface area contributed by atoms with Gasteiger partial charge in [0, 0.05) is 6.07 Å². The lowest BCUT2D eigenvalue weighted by Crippen LogP contribution is -2.28. The quantitative estimate of drug-likeness (QED) is 0.625. The average molecular weight is 286 g/mol. The molecule has 0 N–H and O–H groups in total. The lowest BCUT2D eigenvalue weighted by Gasteiger charge is -2.12. The van der Waals surface area contributed by atoms with Crippen LogP contribution in [0.2, 0.25) is 0 Å². The normalized spacial score (nSPS) is 12.1. The van der Waals surface area contributed by atoms with Gasteiger partial charge >= 0.3 is 15.6 Å². The van der Waals surface area contributed by atoms with Crippen molar-refractivity contribution in [2.24, 2.45) is 0 Å². The van der Waals surface area contributed by atoms with E-state index in [4.69, 9.17) is 9.47 Å². The Morgan fingerprint density at radius 3 is 2.11 bits per heavy atom. The summed E-state index contributed by atoms with van der Waals surface area (Å²) in [5.74, 6) is -0.485. The van der Waals surface area contributed by atoms with Crippen LogP contribution in [0, 0.1) is 0 Å². The molecule has 0 saturated heterocycles. The molecule has 0 fully saturated rings. The number of benzene rings is 1. The molecule has 1 rings (SSSR count). The summed E-state index contributed by atoms with van der Waals surface area (Å²) in [6.07, 6.45) is 0. The Morgan fingerprint density at radius 2 is 1.67 bits per heavy atom. The minimum absolute atomic E-state index is 0.192. The number of alkyl halides is 3. The van der Waals surface area contributed by atoms with Crippen LogP contribution in [0.3, 0.4) is 0 Å². The second kappa shape index (κ2) is 4.92. The second-order valence-electron chi connectivity index (χ2n) is 3.00. The minimum atomic E-state index is -5.72. The van der Waals surface area contributed by atoms with Crippen molar-refractivity contribution in [1.29, 1.82) is 0 Å². The third-order valence-corrected chi connectivity index (χ3v) is 2.82. The van der Waals surface area contributed by atoms with Crippen LogP contribution in [-0.4, -0.2) is 28.1 Å². The zero-order valence-corrected chi connectivity index (χ0v) is 10.1. The van der Waals surface area contributed by atoms with Crippen molar-refractivity contribution in [3.8, 4) is 17.2 Å². The first kappa shape index (κ1) is 14.4. The van der Waals surface area contributed by atoms with E-state index in [1.165, 1.54) is 19.2 Å². The predicted octanol–water partition coefficient (Wildman–Crippen LogP) is 1.93. The maximum absolute atomic E-state index is 12.1. The van der Waals surface area contributed by atoms with Gasteiger partial charge in [-0.3, -0.25) is 0 Å². The molecule has 0 atom stereocenters. The largest absolute Gasteiger partial charge is 0.534 e. The molecule has 1 aromatic rings. The van der Waals surface area contributed by atoms with Crippen LogP contribution in [0.1, 0.15) is 0 Å². The number of methoxy groups -OCH3 is 2. The fourth-order valence-electron chi connectivity index (χ4n) is 1.01. The number of halogens is 3. The molecular formula is C9H9F3O5S. The molecule has 0 bridgehead atoms. The first-order valence-electron chi connectivity index (χ1n) is 4.44. The molecule has 102 valence electrons. The average Bonchev–Trinajstić information content (AvgIpc) is 2.27. The summed E-state index contributed by atoms with van der Waals surface area (Å²) in [6.45, 7) is 0. The van der Waals surface area contributed by atoms with Crippen molar-refractivity contribution >= 4 is 10.1 Å². The third kappa shape index (κ3) is 2.97. The first-order chi connectivity index (χ1) is 8.21. The van der Waals surface area contributed by atoms with Crippen LogP contribution in [0.15, 0.2) is 18.2 Å². The molecule has 0 aliphatic rings. The van der Waals surface area contributed by atoms with E-state index in [2.05, 4.69) is 4.18 Å². The molecule has 9 heteroatoms. The Morgan fingerprint density at radius 1 is 1.06 bits per heavy atom. The lowest BCUT2D eigenvalue weighted by molar-refractivity contribution is -0.0500. The van der Waals surface area contributed by atoms with Crippen molar-refractivity contribution in [2.75, 3.05) is 14.2 Å². The third-order valence-electron chi connectivity index (χ3n) is 1.85. The monoisotopic (exact) mass is 286 g/mol. The van der Waals surface area contributed by atoms with Gasteiger partial charge in [0.05, 0.1) is 14.2 Å². The molecule has 1 aromatic carbocycles. The van der Waals surface area contributed by atoms with E-state index in [-0.39, 0.29) is 11.5 Å². The van der Waals surface area contributed by atoms with Crippen molar-refractivity contribution in [3.05, 3.63) is 18.2 Å². The molecule has 0 aliphatic carbocycles. The number of rotatable bonds is 4. The predicted molar refractivity (Wildman–Crippen MR) is 55.1 cm³/mol. The van der Waals surface area contributed by atoms with E-state index in [1.54, 1.807) is 0 Å². The molecule has 0 spiro atoms. The summed E-state index contributed by atoms with van der Waals surface area (Å²) in [6, 6.07) is 3.44. The van der Waals surface area contributed by atoms with Gasteiger partial charge in [-0.15, -0.1) is 0 Å². The zero-order chi connectivity index (χ0) is 14.0. The SMILES string of the molecule is COc1ccc(OS(=O)(=O)C(F)(F)F)c(OC)c1. The molecule has 0 aliphatic heterocycles. The summed E-state index contributed by atoms with van der Waals surface area (Å²) in [4.78, 5) is 0. The topological polar surface area (TPSA) is 61.8 Å². The van der Waals surface area contributed by atoms with Gasteiger partial charge in [0.2, 0.25) is 0 Å². The van der Waals surface area contributed by atoms with E-state index >= 15 is 0 Å². The summed E-state index contributed by atoms with van der Waals surface area (Å²) < 4.78 is 71.5. The maximum atomic E-state index is 12.1. The van der Waals surface area contributed by atoms with Gasteiger partial charge in [0.1, 0.15) is 5.75 Å². The number of hydrogen-bond acceptors (Lipinski definition) is 5. The van der Waals surface area contributed by atoms with Gasteiger partial charge in [-0.2, -0.15) is 21.6 Å². The minimum Gasteiger partial charge on any atom is -0.497 e. The van der Waals surface area contributed by atoms with Gasteiger partial charge < -0.3 is 13.7 Å². The summed E-state index contributed by atoms with van der Waals surface area (Å²) in [5.41, 5.74) is -5.50. The van der Waals surface area contributed by atoms with Crippen LogP contribution in [-0.2, 0) is 10.1 Å². The molecule has 0 radical (unpaired) electrons. The fraction of sp³-hybridized carbons (Fsp3) is 0.333. The summed E-state index contributed by atoms with van der Waals surface area (Å²) >= 11 is 0. The molecule has 0 saturated carbocycles. The molecule has 0 amide bonds. The summed E-state index contributed by atoms with van der Waals surface area (Å²) in [7, 11) is -3.23.